The molecule has 0 spiro atoms. The molecule has 1 aromatic heterocycles. The maximum atomic E-state index is 9.73. The van der Waals surface area contributed by atoms with Crippen molar-refractivity contribution in [1.82, 2.24) is 4.98 Å². The van der Waals surface area contributed by atoms with Crippen LogP contribution >= 0.6 is 0 Å². The number of hydrogen-bond donors (Lipinski definition) is 1. The second-order valence-electron chi connectivity index (χ2n) is 3.07. The highest BCUT2D eigenvalue weighted by Gasteiger charge is 2.15. The molecule has 0 aliphatic rings. The number of rotatable bonds is 3. The van der Waals surface area contributed by atoms with E-state index in [0.717, 1.165) is 5.56 Å². The molecular weight excluding hydrogens is 164 g/mol. The van der Waals surface area contributed by atoms with Crippen molar-refractivity contribution < 1.29 is 5.11 Å². The van der Waals surface area contributed by atoms with Crippen LogP contribution in [0.3, 0.4) is 0 Å². The van der Waals surface area contributed by atoms with Gasteiger partial charge in [-0.05, 0) is 17.5 Å². The molecule has 13 heavy (non-hydrogen) atoms. The smallest absolute Gasteiger partial charge is 0.0840 e. The Bertz CT molecular complexity index is 292. The first kappa shape index (κ1) is 9.69. The zero-order valence-electron chi connectivity index (χ0n) is 7.51. The molecule has 2 atom stereocenters. The summed E-state index contributed by atoms with van der Waals surface area (Å²) in [7, 11) is 0. The first-order valence-electron chi connectivity index (χ1n) is 4.20. The van der Waals surface area contributed by atoms with Crippen molar-refractivity contribution in [2.75, 3.05) is 0 Å². The fourth-order valence-corrected chi connectivity index (χ4v) is 1.14. The minimum atomic E-state index is -0.589. The van der Waals surface area contributed by atoms with E-state index in [-0.39, 0.29) is 5.92 Å². The topological polar surface area (TPSA) is 56.9 Å². The maximum absolute atomic E-state index is 9.73. The van der Waals surface area contributed by atoms with Gasteiger partial charge in [-0.2, -0.15) is 5.26 Å². The van der Waals surface area contributed by atoms with Crippen LogP contribution in [0.2, 0.25) is 0 Å². The highest BCUT2D eigenvalue weighted by atomic mass is 16.3. The van der Waals surface area contributed by atoms with Gasteiger partial charge in [-0.3, -0.25) is 4.98 Å². The van der Waals surface area contributed by atoms with Crippen molar-refractivity contribution in [3.8, 4) is 6.07 Å². The van der Waals surface area contributed by atoms with Crippen LogP contribution in [0.5, 0.6) is 0 Å². The van der Waals surface area contributed by atoms with Gasteiger partial charge in [0.25, 0.3) is 0 Å². The number of hydrogen-bond acceptors (Lipinski definition) is 3. The van der Waals surface area contributed by atoms with E-state index in [1.165, 1.54) is 0 Å². The molecule has 0 bridgehead atoms. The quantitative estimate of drug-likeness (QED) is 0.762. The Hall–Kier alpha value is -1.40. The van der Waals surface area contributed by atoms with Crippen LogP contribution in [-0.2, 0) is 0 Å². The standard InChI is InChI=1S/C10H12N2O/c1-8(4-5-11)10(13)9-3-2-6-12-7-9/h2-3,6-8,10,13H,4H2,1H3. The Morgan fingerprint density at radius 2 is 2.46 bits per heavy atom. The van der Waals surface area contributed by atoms with Gasteiger partial charge >= 0.3 is 0 Å². The molecule has 3 heteroatoms. The van der Waals surface area contributed by atoms with Crippen LogP contribution in [0.4, 0.5) is 0 Å². The van der Waals surface area contributed by atoms with Gasteiger partial charge in [0.1, 0.15) is 0 Å². The predicted molar refractivity (Wildman–Crippen MR) is 48.6 cm³/mol. The van der Waals surface area contributed by atoms with Crippen molar-refractivity contribution in [1.29, 1.82) is 5.26 Å². The van der Waals surface area contributed by atoms with E-state index < -0.39 is 6.10 Å². The number of pyridine rings is 1. The summed E-state index contributed by atoms with van der Waals surface area (Å²) >= 11 is 0. The van der Waals surface area contributed by atoms with Crippen LogP contribution in [0.15, 0.2) is 24.5 Å². The van der Waals surface area contributed by atoms with Crippen LogP contribution in [0, 0.1) is 17.2 Å². The molecule has 3 nitrogen and oxygen atoms in total. The zero-order valence-corrected chi connectivity index (χ0v) is 7.51. The average molecular weight is 176 g/mol. The number of nitrogens with zero attached hydrogens (tertiary/aromatic N) is 2. The normalized spacial score (nSPS) is 14.5. The minimum Gasteiger partial charge on any atom is -0.388 e. The Balaban J connectivity index is 2.69. The highest BCUT2D eigenvalue weighted by Crippen LogP contribution is 2.22. The molecule has 0 amide bonds. The molecule has 68 valence electrons. The molecule has 1 aromatic rings. The van der Waals surface area contributed by atoms with E-state index in [4.69, 9.17) is 5.26 Å². The highest BCUT2D eigenvalue weighted by molar-refractivity contribution is 5.12. The van der Waals surface area contributed by atoms with E-state index >= 15 is 0 Å². The average Bonchev–Trinajstić information content (AvgIpc) is 2.18. The Kier molecular flexibility index (Phi) is 3.41. The monoisotopic (exact) mass is 176 g/mol. The summed E-state index contributed by atoms with van der Waals surface area (Å²) in [5.41, 5.74) is 0.769. The lowest BCUT2D eigenvalue weighted by Gasteiger charge is -2.15. The van der Waals surface area contributed by atoms with Crippen LogP contribution in [-0.4, -0.2) is 10.1 Å². The van der Waals surface area contributed by atoms with Gasteiger partial charge in [0.05, 0.1) is 12.2 Å². The first-order chi connectivity index (χ1) is 6.25. The molecule has 0 aliphatic carbocycles. The summed E-state index contributed by atoms with van der Waals surface area (Å²) < 4.78 is 0. The molecule has 0 fully saturated rings. The fraction of sp³-hybridized carbons (Fsp3) is 0.400. The van der Waals surface area contributed by atoms with Crippen LogP contribution in [0.25, 0.3) is 0 Å². The lowest BCUT2D eigenvalue weighted by atomic mass is 9.96. The van der Waals surface area contributed by atoms with Gasteiger partial charge < -0.3 is 5.11 Å². The van der Waals surface area contributed by atoms with Crippen molar-refractivity contribution >= 4 is 0 Å². The van der Waals surface area contributed by atoms with Crippen molar-refractivity contribution in [3.63, 3.8) is 0 Å². The lowest BCUT2D eigenvalue weighted by molar-refractivity contribution is 0.119. The Morgan fingerprint density at radius 3 is 3.00 bits per heavy atom. The molecule has 0 aliphatic heterocycles. The molecule has 1 heterocycles. The molecule has 0 aromatic carbocycles. The SMILES string of the molecule is CC(CC#N)C(O)c1cccnc1. The Labute approximate surface area is 77.7 Å². The van der Waals surface area contributed by atoms with E-state index in [9.17, 15) is 5.11 Å². The van der Waals surface area contributed by atoms with E-state index in [2.05, 4.69) is 4.98 Å². The summed E-state index contributed by atoms with van der Waals surface area (Å²) in [5.74, 6) is -0.0470. The summed E-state index contributed by atoms with van der Waals surface area (Å²) in [6.07, 6.45) is 3.05. The zero-order chi connectivity index (χ0) is 9.68. The predicted octanol–water partition coefficient (Wildman–Crippen LogP) is 1.66. The summed E-state index contributed by atoms with van der Waals surface area (Å²) in [6, 6.07) is 5.62. The van der Waals surface area contributed by atoms with Gasteiger partial charge in [-0.15, -0.1) is 0 Å². The van der Waals surface area contributed by atoms with Crippen LogP contribution in [0.1, 0.15) is 25.0 Å². The van der Waals surface area contributed by atoms with Gasteiger partial charge in [-0.25, -0.2) is 0 Å². The minimum absolute atomic E-state index is 0.0470. The molecule has 2 unspecified atom stereocenters. The largest absolute Gasteiger partial charge is 0.388 e. The van der Waals surface area contributed by atoms with Gasteiger partial charge in [0.15, 0.2) is 0 Å². The third-order valence-electron chi connectivity index (χ3n) is 1.98. The van der Waals surface area contributed by atoms with Gasteiger partial charge in [0, 0.05) is 18.8 Å². The number of aliphatic hydroxyl groups is 1. The van der Waals surface area contributed by atoms with E-state index in [0.29, 0.717) is 6.42 Å². The number of nitriles is 1. The molecule has 1 N–H and O–H groups in total. The van der Waals surface area contributed by atoms with Crippen molar-refractivity contribution in [2.24, 2.45) is 5.92 Å². The fourth-order valence-electron chi connectivity index (χ4n) is 1.14. The third kappa shape index (κ3) is 2.53. The molecule has 0 radical (unpaired) electrons. The Morgan fingerprint density at radius 1 is 1.69 bits per heavy atom. The van der Waals surface area contributed by atoms with Crippen LogP contribution < -0.4 is 0 Å². The summed E-state index contributed by atoms with van der Waals surface area (Å²) in [5, 5.41) is 18.2. The third-order valence-corrected chi connectivity index (χ3v) is 1.98. The summed E-state index contributed by atoms with van der Waals surface area (Å²) in [6.45, 7) is 1.85. The maximum Gasteiger partial charge on any atom is 0.0840 e. The van der Waals surface area contributed by atoms with Crippen molar-refractivity contribution in [3.05, 3.63) is 30.1 Å². The molecule has 0 saturated carbocycles. The summed E-state index contributed by atoms with van der Waals surface area (Å²) in [4.78, 5) is 3.91. The number of aromatic nitrogens is 1. The molecule has 0 saturated heterocycles. The lowest BCUT2D eigenvalue weighted by Crippen LogP contribution is -2.08. The first-order valence-corrected chi connectivity index (χ1v) is 4.20. The second kappa shape index (κ2) is 4.58. The molecular formula is C10H12N2O. The van der Waals surface area contributed by atoms with E-state index in [1.807, 2.05) is 19.1 Å². The molecule has 1 rings (SSSR count). The van der Waals surface area contributed by atoms with Crippen molar-refractivity contribution in [2.45, 2.75) is 19.4 Å². The second-order valence-corrected chi connectivity index (χ2v) is 3.07. The number of aliphatic hydroxyl groups excluding tert-OH is 1. The van der Waals surface area contributed by atoms with Gasteiger partial charge in [-0.1, -0.05) is 13.0 Å². The van der Waals surface area contributed by atoms with Gasteiger partial charge in [0.2, 0.25) is 0 Å². The van der Waals surface area contributed by atoms with E-state index in [1.54, 1.807) is 18.5 Å².